The summed E-state index contributed by atoms with van der Waals surface area (Å²) in [4.78, 5) is 13.2. The lowest BCUT2D eigenvalue weighted by Crippen LogP contribution is -2.31. The van der Waals surface area contributed by atoms with E-state index in [0.29, 0.717) is 6.04 Å². The van der Waals surface area contributed by atoms with Gasteiger partial charge in [0, 0.05) is 25.2 Å². The fourth-order valence-electron chi connectivity index (χ4n) is 2.44. The van der Waals surface area contributed by atoms with Crippen LogP contribution < -0.4 is 5.32 Å². The summed E-state index contributed by atoms with van der Waals surface area (Å²) in [7, 11) is 0. The Hall–Kier alpha value is -1.39. The molecule has 1 aliphatic heterocycles. The molecule has 0 aliphatic carbocycles. The quantitative estimate of drug-likeness (QED) is 0.851. The number of aliphatic hydroxyl groups is 1. The first kappa shape index (κ1) is 13.1. The Kier molecular flexibility index (Phi) is 4.33. The highest BCUT2D eigenvalue weighted by Crippen LogP contribution is 2.20. The molecule has 0 bridgehead atoms. The molecule has 1 saturated heterocycles. The average molecular weight is 248 g/mol. The molecule has 1 aliphatic rings. The Morgan fingerprint density at radius 1 is 1.44 bits per heavy atom. The van der Waals surface area contributed by atoms with Crippen molar-refractivity contribution in [3.63, 3.8) is 0 Å². The second-order valence-electron chi connectivity index (χ2n) is 4.83. The highest BCUT2D eigenvalue weighted by molar-refractivity contribution is 5.88. The average Bonchev–Trinajstić information content (AvgIpc) is 2.78. The number of hydrogen-bond donors (Lipinski definition) is 2. The minimum absolute atomic E-state index is 0.0531. The number of amides is 1. The number of nitrogens with zero attached hydrogens (tertiary/aromatic N) is 1. The van der Waals surface area contributed by atoms with Crippen LogP contribution in [0, 0.1) is 0 Å². The maximum Gasteiger partial charge on any atom is 0.221 e. The van der Waals surface area contributed by atoms with Gasteiger partial charge in [0.1, 0.15) is 0 Å². The zero-order valence-corrected chi connectivity index (χ0v) is 10.7. The van der Waals surface area contributed by atoms with Crippen molar-refractivity contribution in [2.45, 2.75) is 32.4 Å². The predicted octanol–water partition coefficient (Wildman–Crippen LogP) is 1.60. The van der Waals surface area contributed by atoms with Crippen LogP contribution in [0.15, 0.2) is 24.3 Å². The molecule has 4 nitrogen and oxygen atoms in total. The van der Waals surface area contributed by atoms with Crippen LogP contribution in [0.1, 0.15) is 25.3 Å². The van der Waals surface area contributed by atoms with Crippen molar-refractivity contribution in [1.82, 2.24) is 4.90 Å². The molecule has 0 radical (unpaired) electrons. The molecule has 1 fully saturated rings. The number of hydrogen-bond acceptors (Lipinski definition) is 3. The third-order valence-corrected chi connectivity index (χ3v) is 3.37. The largest absolute Gasteiger partial charge is 0.395 e. The summed E-state index contributed by atoms with van der Waals surface area (Å²) in [5.74, 6) is -0.0531. The van der Waals surface area contributed by atoms with E-state index in [1.165, 1.54) is 12.5 Å². The zero-order valence-electron chi connectivity index (χ0n) is 10.7. The van der Waals surface area contributed by atoms with Crippen molar-refractivity contribution in [1.29, 1.82) is 0 Å². The minimum atomic E-state index is -0.0531. The normalized spacial score (nSPS) is 20.0. The molecule has 2 N–H and O–H groups in total. The fourth-order valence-corrected chi connectivity index (χ4v) is 2.44. The van der Waals surface area contributed by atoms with E-state index < -0.39 is 0 Å². The molecule has 18 heavy (non-hydrogen) atoms. The molecule has 0 spiro atoms. The standard InChI is InChI=1S/C14H20N2O2/c1-11(18)15-13-6-4-12(5-7-13)9-16-8-2-3-14(16)10-17/h4-7,14,17H,2-3,8-10H2,1H3,(H,15,18)/t14-/m1/s1. The van der Waals surface area contributed by atoms with Gasteiger partial charge >= 0.3 is 0 Å². The van der Waals surface area contributed by atoms with Crippen LogP contribution in [0.4, 0.5) is 5.69 Å². The Labute approximate surface area is 108 Å². The van der Waals surface area contributed by atoms with Gasteiger partial charge in [-0.1, -0.05) is 12.1 Å². The smallest absolute Gasteiger partial charge is 0.221 e. The topological polar surface area (TPSA) is 52.6 Å². The molecule has 1 aromatic rings. The third-order valence-electron chi connectivity index (χ3n) is 3.37. The van der Waals surface area contributed by atoms with E-state index in [1.807, 2.05) is 24.3 Å². The number of carbonyl (C=O) groups is 1. The van der Waals surface area contributed by atoms with Crippen LogP contribution in [0.25, 0.3) is 0 Å². The third kappa shape index (κ3) is 3.31. The number of anilines is 1. The van der Waals surface area contributed by atoms with Gasteiger partial charge in [-0.15, -0.1) is 0 Å². The van der Waals surface area contributed by atoms with Crippen LogP contribution in [-0.4, -0.2) is 35.1 Å². The van der Waals surface area contributed by atoms with Crippen molar-refractivity contribution in [2.75, 3.05) is 18.5 Å². The number of carbonyl (C=O) groups excluding carboxylic acids is 1. The first-order valence-corrected chi connectivity index (χ1v) is 6.40. The predicted molar refractivity (Wildman–Crippen MR) is 71.3 cm³/mol. The molecule has 4 heteroatoms. The number of nitrogens with one attached hydrogen (secondary N) is 1. The molecule has 2 rings (SSSR count). The van der Waals surface area contributed by atoms with Crippen molar-refractivity contribution in [2.24, 2.45) is 0 Å². The zero-order chi connectivity index (χ0) is 13.0. The van der Waals surface area contributed by atoms with E-state index in [4.69, 9.17) is 0 Å². The molecule has 0 unspecified atom stereocenters. The first-order chi connectivity index (χ1) is 8.69. The molecule has 98 valence electrons. The highest BCUT2D eigenvalue weighted by atomic mass is 16.3. The van der Waals surface area contributed by atoms with E-state index in [-0.39, 0.29) is 12.5 Å². The number of aliphatic hydroxyl groups excluding tert-OH is 1. The Morgan fingerprint density at radius 3 is 2.78 bits per heavy atom. The minimum Gasteiger partial charge on any atom is -0.395 e. The Morgan fingerprint density at radius 2 is 2.17 bits per heavy atom. The lowest BCUT2D eigenvalue weighted by Gasteiger charge is -2.22. The van der Waals surface area contributed by atoms with E-state index in [0.717, 1.165) is 31.6 Å². The summed E-state index contributed by atoms with van der Waals surface area (Å²) in [6.45, 7) is 3.66. The number of rotatable bonds is 4. The second kappa shape index (κ2) is 5.98. The molecule has 1 amide bonds. The van der Waals surface area contributed by atoms with Gasteiger partial charge < -0.3 is 10.4 Å². The number of benzene rings is 1. The van der Waals surface area contributed by atoms with Crippen LogP contribution in [0.5, 0.6) is 0 Å². The molecule has 1 atom stereocenters. The van der Waals surface area contributed by atoms with Crippen LogP contribution in [0.3, 0.4) is 0 Å². The number of likely N-dealkylation sites (tertiary alicyclic amines) is 1. The van der Waals surface area contributed by atoms with E-state index >= 15 is 0 Å². The summed E-state index contributed by atoms with van der Waals surface area (Å²) in [5, 5.41) is 12.0. The lowest BCUT2D eigenvalue weighted by atomic mass is 10.1. The van der Waals surface area contributed by atoms with E-state index in [2.05, 4.69) is 10.2 Å². The van der Waals surface area contributed by atoms with Crippen molar-refractivity contribution < 1.29 is 9.90 Å². The van der Waals surface area contributed by atoms with Gasteiger partial charge in [-0.3, -0.25) is 9.69 Å². The Bertz CT molecular complexity index is 403. The van der Waals surface area contributed by atoms with Gasteiger partial charge in [-0.25, -0.2) is 0 Å². The fraction of sp³-hybridized carbons (Fsp3) is 0.500. The molecular formula is C14H20N2O2. The molecule has 1 heterocycles. The summed E-state index contributed by atoms with van der Waals surface area (Å²) < 4.78 is 0. The van der Waals surface area contributed by atoms with Crippen LogP contribution in [0.2, 0.25) is 0 Å². The maximum absolute atomic E-state index is 10.9. The van der Waals surface area contributed by atoms with E-state index in [9.17, 15) is 9.90 Å². The molecule has 0 saturated carbocycles. The van der Waals surface area contributed by atoms with Crippen molar-refractivity contribution in [3.8, 4) is 0 Å². The lowest BCUT2D eigenvalue weighted by molar-refractivity contribution is -0.114. The molecule has 0 aromatic heterocycles. The summed E-state index contributed by atoms with van der Waals surface area (Å²) >= 11 is 0. The highest BCUT2D eigenvalue weighted by Gasteiger charge is 2.23. The molecule has 1 aromatic carbocycles. The van der Waals surface area contributed by atoms with Crippen molar-refractivity contribution >= 4 is 11.6 Å². The van der Waals surface area contributed by atoms with Gasteiger partial charge in [0.05, 0.1) is 6.61 Å². The van der Waals surface area contributed by atoms with Gasteiger partial charge in [0.25, 0.3) is 0 Å². The van der Waals surface area contributed by atoms with Gasteiger partial charge in [-0.2, -0.15) is 0 Å². The summed E-state index contributed by atoms with van der Waals surface area (Å²) in [6.07, 6.45) is 2.25. The monoisotopic (exact) mass is 248 g/mol. The first-order valence-electron chi connectivity index (χ1n) is 6.40. The van der Waals surface area contributed by atoms with Gasteiger partial charge in [-0.05, 0) is 37.1 Å². The van der Waals surface area contributed by atoms with Crippen molar-refractivity contribution in [3.05, 3.63) is 29.8 Å². The SMILES string of the molecule is CC(=O)Nc1ccc(CN2CCC[C@@H]2CO)cc1. The van der Waals surface area contributed by atoms with E-state index in [1.54, 1.807) is 0 Å². The van der Waals surface area contributed by atoms with Crippen LogP contribution in [-0.2, 0) is 11.3 Å². The van der Waals surface area contributed by atoms with Gasteiger partial charge in [0.2, 0.25) is 5.91 Å². The summed E-state index contributed by atoms with van der Waals surface area (Å²) in [6, 6.07) is 8.19. The Balaban J connectivity index is 1.95. The second-order valence-corrected chi connectivity index (χ2v) is 4.83. The van der Waals surface area contributed by atoms with Crippen LogP contribution >= 0.6 is 0 Å². The summed E-state index contributed by atoms with van der Waals surface area (Å²) in [5.41, 5.74) is 2.04. The molecular weight excluding hydrogens is 228 g/mol. The van der Waals surface area contributed by atoms with Gasteiger partial charge in [0.15, 0.2) is 0 Å². The maximum atomic E-state index is 10.9.